The molecule has 0 aromatic heterocycles. The third-order valence-electron chi connectivity index (χ3n) is 3.19. The van der Waals surface area contributed by atoms with Gasteiger partial charge in [0.25, 0.3) is 0 Å². The van der Waals surface area contributed by atoms with Gasteiger partial charge in [0.1, 0.15) is 0 Å². The number of amides is 1. The van der Waals surface area contributed by atoms with E-state index in [-0.39, 0.29) is 11.8 Å². The molecule has 92 valence electrons. The number of halogens is 2. The van der Waals surface area contributed by atoms with Crippen molar-refractivity contribution in [3.63, 3.8) is 0 Å². The second kappa shape index (κ2) is 5.74. The zero-order chi connectivity index (χ0) is 12.3. The van der Waals surface area contributed by atoms with Crippen molar-refractivity contribution in [2.24, 2.45) is 5.92 Å². The van der Waals surface area contributed by atoms with Crippen LogP contribution in [-0.4, -0.2) is 5.91 Å². The topological polar surface area (TPSA) is 29.1 Å². The van der Waals surface area contributed by atoms with Gasteiger partial charge in [0.2, 0.25) is 5.91 Å². The van der Waals surface area contributed by atoms with Gasteiger partial charge in [-0.1, -0.05) is 42.1 Å². The maximum Gasteiger partial charge on any atom is 0.223 e. The molecule has 1 saturated carbocycles. The Balaban J connectivity index is 1.90. The molecule has 0 aliphatic heterocycles. The SMILES string of the molecule is O=C(NCc1ccc(Cl)cc1Cl)C1CCCC1. The first-order valence-electron chi connectivity index (χ1n) is 5.88. The van der Waals surface area contributed by atoms with Gasteiger partial charge in [0, 0.05) is 22.5 Å². The van der Waals surface area contributed by atoms with Crippen molar-refractivity contribution >= 4 is 29.1 Å². The predicted octanol–water partition coefficient (Wildman–Crippen LogP) is 3.80. The number of rotatable bonds is 3. The van der Waals surface area contributed by atoms with E-state index >= 15 is 0 Å². The summed E-state index contributed by atoms with van der Waals surface area (Å²) in [7, 11) is 0. The number of nitrogens with one attached hydrogen (secondary N) is 1. The zero-order valence-corrected chi connectivity index (χ0v) is 11.0. The van der Waals surface area contributed by atoms with E-state index in [0.717, 1.165) is 18.4 Å². The summed E-state index contributed by atoms with van der Waals surface area (Å²) in [6.45, 7) is 0.478. The van der Waals surface area contributed by atoms with Gasteiger partial charge in [-0.05, 0) is 30.5 Å². The van der Waals surface area contributed by atoms with E-state index in [9.17, 15) is 4.79 Å². The molecule has 0 heterocycles. The molecule has 2 nitrogen and oxygen atoms in total. The average Bonchev–Trinajstić information content (AvgIpc) is 2.81. The third kappa shape index (κ3) is 3.36. The van der Waals surface area contributed by atoms with E-state index in [4.69, 9.17) is 23.2 Å². The highest BCUT2D eigenvalue weighted by Gasteiger charge is 2.22. The van der Waals surface area contributed by atoms with Crippen LogP contribution in [0, 0.1) is 5.92 Å². The molecule has 1 aromatic rings. The summed E-state index contributed by atoms with van der Waals surface area (Å²) in [4.78, 5) is 11.8. The Labute approximate surface area is 111 Å². The second-order valence-electron chi connectivity index (χ2n) is 4.43. The highest BCUT2D eigenvalue weighted by Crippen LogP contribution is 2.25. The van der Waals surface area contributed by atoms with Gasteiger partial charge in [-0.15, -0.1) is 0 Å². The fraction of sp³-hybridized carbons (Fsp3) is 0.462. The summed E-state index contributed by atoms with van der Waals surface area (Å²) < 4.78 is 0. The van der Waals surface area contributed by atoms with Crippen LogP contribution < -0.4 is 5.32 Å². The molecular formula is C13H15Cl2NO. The van der Waals surface area contributed by atoms with E-state index in [1.807, 2.05) is 6.07 Å². The van der Waals surface area contributed by atoms with Gasteiger partial charge in [-0.25, -0.2) is 0 Å². The average molecular weight is 272 g/mol. The normalized spacial score (nSPS) is 16.1. The summed E-state index contributed by atoms with van der Waals surface area (Å²) in [5.74, 6) is 0.342. The Morgan fingerprint density at radius 2 is 2.00 bits per heavy atom. The molecule has 1 aliphatic rings. The van der Waals surface area contributed by atoms with Crippen LogP contribution in [0.25, 0.3) is 0 Å². The molecule has 1 aromatic carbocycles. The molecule has 1 fully saturated rings. The predicted molar refractivity (Wildman–Crippen MR) is 70.3 cm³/mol. The lowest BCUT2D eigenvalue weighted by atomic mass is 10.1. The number of carbonyl (C=O) groups is 1. The Morgan fingerprint density at radius 1 is 1.29 bits per heavy atom. The largest absolute Gasteiger partial charge is 0.352 e. The quantitative estimate of drug-likeness (QED) is 0.890. The summed E-state index contributed by atoms with van der Waals surface area (Å²) in [6, 6.07) is 5.32. The van der Waals surface area contributed by atoms with Crippen LogP contribution in [0.2, 0.25) is 10.0 Å². The smallest absolute Gasteiger partial charge is 0.223 e. The summed E-state index contributed by atoms with van der Waals surface area (Å²) in [5, 5.41) is 4.15. The van der Waals surface area contributed by atoms with E-state index in [1.165, 1.54) is 12.8 Å². The monoisotopic (exact) mass is 271 g/mol. The van der Waals surface area contributed by atoms with Gasteiger partial charge in [-0.3, -0.25) is 4.79 Å². The van der Waals surface area contributed by atoms with Gasteiger partial charge in [0.05, 0.1) is 0 Å². The van der Waals surface area contributed by atoms with Crippen LogP contribution in [0.15, 0.2) is 18.2 Å². The summed E-state index contributed by atoms with van der Waals surface area (Å²) >= 11 is 11.8. The highest BCUT2D eigenvalue weighted by molar-refractivity contribution is 6.35. The van der Waals surface area contributed by atoms with Gasteiger partial charge in [-0.2, -0.15) is 0 Å². The van der Waals surface area contributed by atoms with E-state index in [0.29, 0.717) is 16.6 Å². The minimum absolute atomic E-state index is 0.147. The van der Waals surface area contributed by atoms with Crippen molar-refractivity contribution in [3.05, 3.63) is 33.8 Å². The lowest BCUT2D eigenvalue weighted by Gasteiger charge is -2.11. The molecule has 0 unspecified atom stereocenters. The van der Waals surface area contributed by atoms with Gasteiger partial charge >= 0.3 is 0 Å². The van der Waals surface area contributed by atoms with Crippen molar-refractivity contribution in [3.8, 4) is 0 Å². The highest BCUT2D eigenvalue weighted by atomic mass is 35.5. The lowest BCUT2D eigenvalue weighted by Crippen LogP contribution is -2.28. The maximum atomic E-state index is 11.8. The molecule has 0 saturated heterocycles. The van der Waals surface area contributed by atoms with Crippen LogP contribution >= 0.6 is 23.2 Å². The number of hydrogen-bond donors (Lipinski definition) is 1. The zero-order valence-electron chi connectivity index (χ0n) is 9.51. The Hall–Kier alpha value is -0.730. The third-order valence-corrected chi connectivity index (χ3v) is 3.78. The van der Waals surface area contributed by atoms with Gasteiger partial charge < -0.3 is 5.32 Å². The van der Waals surface area contributed by atoms with Crippen molar-refractivity contribution in [1.82, 2.24) is 5.32 Å². The van der Waals surface area contributed by atoms with Crippen LogP contribution in [-0.2, 0) is 11.3 Å². The first-order chi connectivity index (χ1) is 8.16. The van der Waals surface area contributed by atoms with E-state index in [2.05, 4.69) is 5.32 Å². The molecule has 1 aliphatic carbocycles. The molecule has 17 heavy (non-hydrogen) atoms. The fourth-order valence-corrected chi connectivity index (χ4v) is 2.66. The molecular weight excluding hydrogens is 257 g/mol. The van der Waals surface area contributed by atoms with Crippen molar-refractivity contribution in [2.45, 2.75) is 32.2 Å². The summed E-state index contributed by atoms with van der Waals surface area (Å²) in [5.41, 5.74) is 0.905. The molecule has 1 N–H and O–H groups in total. The fourth-order valence-electron chi connectivity index (χ4n) is 2.18. The van der Waals surface area contributed by atoms with Crippen molar-refractivity contribution < 1.29 is 4.79 Å². The lowest BCUT2D eigenvalue weighted by molar-refractivity contribution is -0.124. The number of hydrogen-bond acceptors (Lipinski definition) is 1. The minimum Gasteiger partial charge on any atom is -0.352 e. The standard InChI is InChI=1S/C13H15Cl2NO/c14-11-6-5-10(12(15)7-11)8-16-13(17)9-3-1-2-4-9/h5-7,9H,1-4,8H2,(H,16,17). The maximum absolute atomic E-state index is 11.8. The number of carbonyl (C=O) groups excluding carboxylic acids is 1. The second-order valence-corrected chi connectivity index (χ2v) is 5.28. The molecule has 0 atom stereocenters. The molecule has 0 bridgehead atoms. The van der Waals surface area contributed by atoms with E-state index < -0.39 is 0 Å². The minimum atomic E-state index is 0.147. The van der Waals surface area contributed by atoms with E-state index in [1.54, 1.807) is 12.1 Å². The molecule has 4 heteroatoms. The molecule has 0 spiro atoms. The van der Waals surface area contributed by atoms with Crippen molar-refractivity contribution in [2.75, 3.05) is 0 Å². The first-order valence-corrected chi connectivity index (χ1v) is 6.64. The van der Waals surface area contributed by atoms with Crippen LogP contribution in [0.4, 0.5) is 0 Å². The van der Waals surface area contributed by atoms with Crippen LogP contribution in [0.1, 0.15) is 31.2 Å². The van der Waals surface area contributed by atoms with Gasteiger partial charge in [0.15, 0.2) is 0 Å². The molecule has 1 amide bonds. The summed E-state index contributed by atoms with van der Waals surface area (Å²) in [6.07, 6.45) is 4.36. The van der Waals surface area contributed by atoms with Crippen LogP contribution in [0.5, 0.6) is 0 Å². The first kappa shape index (κ1) is 12.7. The molecule has 2 rings (SSSR count). The van der Waals surface area contributed by atoms with Crippen molar-refractivity contribution in [1.29, 1.82) is 0 Å². The van der Waals surface area contributed by atoms with Crippen LogP contribution in [0.3, 0.4) is 0 Å². The Morgan fingerprint density at radius 3 is 2.65 bits per heavy atom. The Bertz CT molecular complexity index is 414. The molecule has 0 radical (unpaired) electrons. The number of benzene rings is 1. The Kier molecular flexibility index (Phi) is 4.30.